The van der Waals surface area contributed by atoms with Crippen molar-refractivity contribution in [1.29, 1.82) is 0 Å². The fraction of sp³-hybridized carbons (Fsp3) is 0.467. The van der Waals surface area contributed by atoms with Crippen molar-refractivity contribution < 1.29 is 24.9 Å². The average molecular weight is 887 g/mol. The van der Waals surface area contributed by atoms with Crippen LogP contribution in [-0.4, -0.2) is 33.9 Å². The van der Waals surface area contributed by atoms with Gasteiger partial charge in [0, 0.05) is 12.2 Å². The van der Waals surface area contributed by atoms with E-state index in [0.29, 0.717) is 5.41 Å². The van der Waals surface area contributed by atoms with E-state index in [1.54, 1.807) is 32.1 Å². The Morgan fingerprint density at radius 3 is 0.985 bits per heavy atom. The van der Waals surface area contributed by atoms with Crippen molar-refractivity contribution >= 4 is 11.9 Å². The molecular weight excluding hydrogens is 801 g/mol. The van der Waals surface area contributed by atoms with Crippen molar-refractivity contribution in [1.82, 2.24) is 0 Å². The van der Waals surface area contributed by atoms with Gasteiger partial charge in [0.05, 0.1) is 6.61 Å². The van der Waals surface area contributed by atoms with Gasteiger partial charge in [-0.15, -0.1) is 0 Å². The Bertz CT molecular complexity index is 2000. The maximum Gasteiger partial charge on any atom is 0.328 e. The molecule has 0 saturated carbocycles. The number of allylic oxidation sites excluding steroid dienone is 27. The summed E-state index contributed by atoms with van der Waals surface area (Å²) in [5, 5.41) is 26.1. The summed E-state index contributed by atoms with van der Waals surface area (Å²) in [6.07, 6.45) is 46.3. The minimum atomic E-state index is -0.912. The lowest BCUT2D eigenvalue weighted by Gasteiger charge is -2.33. The molecule has 0 aliphatic heterocycles. The van der Waals surface area contributed by atoms with Crippen molar-refractivity contribution in [2.24, 2.45) is 16.2 Å². The van der Waals surface area contributed by atoms with Crippen molar-refractivity contribution in [3.05, 3.63) is 176 Å². The molecule has 5 heteroatoms. The highest BCUT2D eigenvalue weighted by molar-refractivity contribution is 5.81. The Morgan fingerprint density at radius 2 is 0.738 bits per heavy atom. The third-order valence-electron chi connectivity index (χ3n) is 12.4. The molecule has 0 bridgehead atoms. The van der Waals surface area contributed by atoms with Crippen molar-refractivity contribution in [3.63, 3.8) is 0 Å². The summed E-state index contributed by atoms with van der Waals surface area (Å²) >= 11 is 0. The van der Waals surface area contributed by atoms with Gasteiger partial charge in [-0.05, 0) is 164 Å². The van der Waals surface area contributed by atoms with Crippen LogP contribution in [0.15, 0.2) is 176 Å². The van der Waals surface area contributed by atoms with E-state index in [-0.39, 0.29) is 17.4 Å². The van der Waals surface area contributed by atoms with Crippen LogP contribution in [-0.2, 0) is 9.59 Å². The monoisotopic (exact) mass is 887 g/mol. The summed E-state index contributed by atoms with van der Waals surface area (Å²) in [7, 11) is 0. The SMILES string of the molecule is CC1=C(/C=C/C(C)=C/C=C/C(C)=C/C(=O)O)C(C)(C)CCC1.CC1=C(/C=C/C(C)=C/C=C/C(C)=C/CO)C(C)(C)CCC1.CC1=C(/C=C/C(C)=C/C=C/C(C)=C\C(=O)O)C(C)(C)CCC1. The lowest BCUT2D eigenvalue weighted by molar-refractivity contribution is -0.132. The summed E-state index contributed by atoms with van der Waals surface area (Å²) in [4.78, 5) is 21.1. The Morgan fingerprint density at radius 1 is 0.462 bits per heavy atom. The van der Waals surface area contributed by atoms with Crippen LogP contribution >= 0.6 is 0 Å². The topological polar surface area (TPSA) is 94.8 Å². The standard InChI is InChI=1S/2C20H28O2.C20H30O/c2*1-15(8-6-9-16(2)14-19(21)22)11-12-18-17(3)10-7-13-20(18,4)5;1-16(8-6-9-17(2)13-15-21)11-12-19-18(3)10-7-14-20(19,4)5/h2*6,8-9,11-12,14H,7,10,13H2,1-5H3,(H,21,22);6,8-9,11-13,21H,7,10,14-15H2,1-5H3/b9-6+,12-11+,15-8+,16-14+;9-6+,12-11+,15-8+,16-14-;9-6+,12-11+,16-8+,17-13+. The van der Waals surface area contributed by atoms with Crippen LogP contribution in [0, 0.1) is 16.2 Å². The maximum absolute atomic E-state index is 10.5. The highest BCUT2D eigenvalue weighted by Crippen LogP contribution is 2.42. The number of aliphatic hydroxyl groups excluding tert-OH is 1. The highest BCUT2D eigenvalue weighted by Gasteiger charge is 2.28. The molecule has 0 aromatic rings. The van der Waals surface area contributed by atoms with Crippen molar-refractivity contribution in [2.45, 2.75) is 162 Å². The number of rotatable bonds is 15. The first-order valence-electron chi connectivity index (χ1n) is 23.6. The van der Waals surface area contributed by atoms with Crippen LogP contribution in [0.3, 0.4) is 0 Å². The van der Waals surface area contributed by atoms with Gasteiger partial charge in [0.15, 0.2) is 0 Å². The first-order chi connectivity index (χ1) is 30.3. The molecule has 3 rings (SSSR count). The molecule has 0 amide bonds. The van der Waals surface area contributed by atoms with Gasteiger partial charge in [-0.3, -0.25) is 0 Å². The van der Waals surface area contributed by atoms with E-state index in [4.69, 9.17) is 15.3 Å². The van der Waals surface area contributed by atoms with Crippen LogP contribution in [0.4, 0.5) is 0 Å². The van der Waals surface area contributed by atoms with Crippen LogP contribution in [0.25, 0.3) is 0 Å². The normalized spacial score (nSPS) is 20.4. The lowest BCUT2D eigenvalue weighted by Crippen LogP contribution is -2.19. The van der Waals surface area contributed by atoms with Crippen LogP contribution < -0.4 is 0 Å². The molecule has 3 aliphatic rings. The minimum Gasteiger partial charge on any atom is -0.478 e. The molecule has 0 unspecified atom stereocenters. The molecule has 5 nitrogen and oxygen atoms in total. The van der Waals surface area contributed by atoms with Gasteiger partial charge < -0.3 is 15.3 Å². The summed E-state index contributed by atoms with van der Waals surface area (Å²) in [5.41, 5.74) is 15.8. The average Bonchev–Trinajstić information content (AvgIpc) is 3.16. The fourth-order valence-electron chi connectivity index (χ4n) is 8.59. The zero-order valence-electron chi connectivity index (χ0n) is 43.1. The molecule has 0 spiro atoms. The molecule has 356 valence electrons. The minimum absolute atomic E-state index is 0.0985. The second-order valence-electron chi connectivity index (χ2n) is 20.2. The van der Waals surface area contributed by atoms with Gasteiger partial charge in [0.1, 0.15) is 0 Å². The smallest absolute Gasteiger partial charge is 0.328 e. The molecule has 3 N–H and O–H groups in total. The summed E-state index contributed by atoms with van der Waals surface area (Å²) in [6.45, 7) is 32.6. The predicted octanol–water partition coefficient (Wildman–Crippen LogP) is 16.7. The maximum atomic E-state index is 10.5. The van der Waals surface area contributed by atoms with E-state index >= 15 is 0 Å². The van der Waals surface area contributed by atoms with E-state index < -0.39 is 11.9 Å². The third kappa shape index (κ3) is 23.7. The number of aliphatic carboxylic acids is 2. The number of aliphatic hydroxyl groups is 1. The number of carboxylic acids is 2. The third-order valence-corrected chi connectivity index (χ3v) is 12.4. The van der Waals surface area contributed by atoms with Gasteiger partial charge in [0.25, 0.3) is 0 Å². The lowest BCUT2D eigenvalue weighted by atomic mass is 9.72. The first kappa shape index (κ1) is 58.0. The molecule has 0 aromatic carbocycles. The number of hydrogen-bond donors (Lipinski definition) is 3. The van der Waals surface area contributed by atoms with E-state index in [2.05, 4.69) is 126 Å². The molecule has 0 aromatic heterocycles. The molecule has 0 saturated heterocycles. The Labute approximate surface area is 396 Å². The quantitative estimate of drug-likeness (QED) is 0.112. The zero-order chi connectivity index (χ0) is 49.4. The Balaban J connectivity index is 0.000000488. The Hall–Kier alpha value is -5.00. The van der Waals surface area contributed by atoms with Crippen LogP contribution in [0.5, 0.6) is 0 Å². The molecule has 65 heavy (non-hydrogen) atoms. The highest BCUT2D eigenvalue weighted by atomic mass is 16.4. The van der Waals surface area contributed by atoms with Gasteiger partial charge in [0.2, 0.25) is 0 Å². The van der Waals surface area contributed by atoms with Gasteiger partial charge >= 0.3 is 11.9 Å². The summed E-state index contributed by atoms with van der Waals surface area (Å²) < 4.78 is 0. The predicted molar refractivity (Wildman–Crippen MR) is 281 cm³/mol. The summed E-state index contributed by atoms with van der Waals surface area (Å²) in [5.74, 6) is -1.82. The van der Waals surface area contributed by atoms with Crippen molar-refractivity contribution in [2.75, 3.05) is 6.61 Å². The molecule has 0 heterocycles. The van der Waals surface area contributed by atoms with E-state index in [1.165, 1.54) is 109 Å². The first-order valence-corrected chi connectivity index (χ1v) is 23.6. The van der Waals surface area contributed by atoms with Gasteiger partial charge in [-0.1, -0.05) is 178 Å². The van der Waals surface area contributed by atoms with Crippen LogP contribution in [0.2, 0.25) is 0 Å². The molecule has 0 radical (unpaired) electrons. The second-order valence-corrected chi connectivity index (χ2v) is 20.2. The number of carbonyl (C=O) groups is 2. The molecule has 0 fully saturated rings. The van der Waals surface area contributed by atoms with Crippen LogP contribution in [0.1, 0.15) is 162 Å². The van der Waals surface area contributed by atoms with Gasteiger partial charge in [-0.25, -0.2) is 9.59 Å². The Kier molecular flexibility index (Phi) is 25.7. The van der Waals surface area contributed by atoms with Crippen molar-refractivity contribution in [3.8, 4) is 0 Å². The van der Waals surface area contributed by atoms with E-state index in [9.17, 15) is 9.59 Å². The summed E-state index contributed by atoms with van der Waals surface area (Å²) in [6, 6.07) is 0. The second kappa shape index (κ2) is 28.8. The largest absolute Gasteiger partial charge is 0.478 e. The van der Waals surface area contributed by atoms with E-state index in [1.807, 2.05) is 43.4 Å². The molecular formula is C60H86O5. The van der Waals surface area contributed by atoms with E-state index in [0.717, 1.165) is 27.9 Å². The zero-order valence-corrected chi connectivity index (χ0v) is 43.1. The fourth-order valence-corrected chi connectivity index (χ4v) is 8.59. The number of hydrogen-bond acceptors (Lipinski definition) is 3. The van der Waals surface area contributed by atoms with Gasteiger partial charge in [-0.2, -0.15) is 0 Å². The molecule has 0 atom stereocenters. The number of carboxylic acid groups (broad SMARTS) is 2. The molecule has 3 aliphatic carbocycles.